The van der Waals surface area contributed by atoms with Crippen LogP contribution in [0.2, 0.25) is 0 Å². The Kier molecular flexibility index (Phi) is 9.26. The van der Waals surface area contributed by atoms with E-state index in [1.807, 2.05) is 36.7 Å². The molecule has 214 valence electrons. The van der Waals surface area contributed by atoms with Gasteiger partial charge in [-0.3, -0.25) is 9.59 Å². The second kappa shape index (κ2) is 12.6. The maximum Gasteiger partial charge on any atom is 0.256 e. The Morgan fingerprint density at radius 3 is 2.40 bits per heavy atom. The van der Waals surface area contributed by atoms with Crippen LogP contribution in [0, 0.1) is 6.92 Å². The monoisotopic (exact) mass is 565 g/mol. The van der Waals surface area contributed by atoms with Gasteiger partial charge in [-0.1, -0.05) is 26.8 Å². The number of nitrogen functional groups attached to an aromatic ring is 2. The summed E-state index contributed by atoms with van der Waals surface area (Å²) in [7, 11) is 0. The number of nitrogens with one attached hydrogen (secondary N) is 1. The predicted molar refractivity (Wildman–Crippen MR) is 161 cm³/mol. The van der Waals surface area contributed by atoms with Gasteiger partial charge in [-0.2, -0.15) is 0 Å². The normalized spacial score (nSPS) is 16.1. The second-order valence-electron chi connectivity index (χ2n) is 11.0. The van der Waals surface area contributed by atoms with Crippen LogP contribution >= 0.6 is 11.3 Å². The van der Waals surface area contributed by atoms with E-state index in [2.05, 4.69) is 47.9 Å². The van der Waals surface area contributed by atoms with E-state index in [0.29, 0.717) is 36.6 Å². The number of ether oxygens (including phenoxy) is 1. The zero-order chi connectivity index (χ0) is 28.9. The molecule has 5 N–H and O–H groups in total. The molecule has 4 heterocycles. The number of nitrogens with two attached hydrogens (primary N) is 2. The molecule has 2 fully saturated rings. The summed E-state index contributed by atoms with van der Waals surface area (Å²) in [6.45, 7) is 13.0. The highest BCUT2D eigenvalue weighted by molar-refractivity contribution is 7.16. The molecule has 2 saturated heterocycles. The zero-order valence-corrected chi connectivity index (χ0v) is 24.5. The largest absolute Gasteiger partial charge is 0.399 e. The average molecular weight is 566 g/mol. The third-order valence-electron chi connectivity index (χ3n) is 6.84. The molecule has 2 aliphatic heterocycles. The molecule has 11 heteroatoms. The van der Waals surface area contributed by atoms with E-state index >= 15 is 0 Å². The minimum Gasteiger partial charge on any atom is -0.399 e. The lowest BCUT2D eigenvalue weighted by Gasteiger charge is -2.26. The minimum absolute atomic E-state index is 0.00558. The first kappa shape index (κ1) is 29.3. The van der Waals surface area contributed by atoms with Crippen LogP contribution in [0.15, 0.2) is 36.7 Å². The van der Waals surface area contributed by atoms with Crippen molar-refractivity contribution in [3.8, 4) is 11.1 Å². The van der Waals surface area contributed by atoms with Gasteiger partial charge in [-0.15, -0.1) is 11.3 Å². The molecule has 0 atom stereocenters. The molecule has 0 radical (unpaired) electrons. The Bertz CT molecular complexity index is 1330. The number of thiophene rings is 1. The lowest BCUT2D eigenvalue weighted by Crippen LogP contribution is -2.37. The van der Waals surface area contributed by atoms with Crippen molar-refractivity contribution in [1.29, 1.82) is 0 Å². The van der Waals surface area contributed by atoms with Crippen molar-refractivity contribution < 1.29 is 14.3 Å². The molecule has 3 aromatic rings. The van der Waals surface area contributed by atoms with Crippen LogP contribution in [-0.4, -0.2) is 72.6 Å². The number of aryl methyl sites for hydroxylation is 1. The lowest BCUT2D eigenvalue weighted by molar-refractivity contribution is -0.120. The molecule has 2 aromatic heterocycles. The third kappa shape index (κ3) is 7.28. The van der Waals surface area contributed by atoms with E-state index in [4.69, 9.17) is 16.2 Å². The second-order valence-corrected chi connectivity index (χ2v) is 12.1. The molecular formula is C29H39N7O3S. The number of benzene rings is 1. The van der Waals surface area contributed by atoms with Crippen LogP contribution in [-0.2, 0) is 14.9 Å². The van der Waals surface area contributed by atoms with Crippen LogP contribution in [0.3, 0.4) is 0 Å². The Labute approximate surface area is 239 Å². The minimum atomic E-state index is -0.0780. The summed E-state index contributed by atoms with van der Waals surface area (Å²) in [5, 5.41) is 3.32. The first-order valence-corrected chi connectivity index (χ1v) is 14.3. The highest BCUT2D eigenvalue weighted by Crippen LogP contribution is 2.34. The van der Waals surface area contributed by atoms with E-state index in [1.165, 1.54) is 16.9 Å². The highest BCUT2D eigenvalue weighted by Gasteiger charge is 2.26. The van der Waals surface area contributed by atoms with Gasteiger partial charge >= 0.3 is 0 Å². The van der Waals surface area contributed by atoms with Crippen molar-refractivity contribution in [3.63, 3.8) is 0 Å². The maximum absolute atomic E-state index is 12.5. The fourth-order valence-electron chi connectivity index (χ4n) is 4.42. The molecule has 10 nitrogen and oxygen atoms in total. The Morgan fingerprint density at radius 2 is 1.75 bits per heavy atom. The molecule has 1 aromatic carbocycles. The maximum atomic E-state index is 12.5. The number of anilines is 3. The van der Waals surface area contributed by atoms with Crippen molar-refractivity contribution in [1.82, 2.24) is 20.2 Å². The van der Waals surface area contributed by atoms with Gasteiger partial charge < -0.3 is 31.3 Å². The number of morpholine rings is 1. The Morgan fingerprint density at radius 1 is 1.05 bits per heavy atom. The van der Waals surface area contributed by atoms with Gasteiger partial charge in [0.15, 0.2) is 0 Å². The summed E-state index contributed by atoms with van der Waals surface area (Å²) in [4.78, 5) is 37.7. The molecule has 0 bridgehead atoms. The molecule has 0 aliphatic carbocycles. The van der Waals surface area contributed by atoms with Crippen LogP contribution in [0.4, 0.5) is 16.6 Å². The van der Waals surface area contributed by atoms with Crippen molar-refractivity contribution in [3.05, 3.63) is 52.7 Å². The van der Waals surface area contributed by atoms with Crippen molar-refractivity contribution in [2.75, 3.05) is 62.3 Å². The molecule has 0 spiro atoms. The molecule has 2 amide bonds. The van der Waals surface area contributed by atoms with Gasteiger partial charge in [0, 0.05) is 67.7 Å². The highest BCUT2D eigenvalue weighted by atomic mass is 32.1. The van der Waals surface area contributed by atoms with Gasteiger partial charge in [0.1, 0.15) is 0 Å². The number of carbonyl (C=O) groups excluding carboxylic acids is 2. The van der Waals surface area contributed by atoms with E-state index in [0.717, 1.165) is 53.9 Å². The SMILES string of the molecule is CC(C)(C)c1cc(C(=O)N2CCNC(=O)CC2)c(N)s1.Cc1ccc(N)cc1-c1cnc(N2CCOCC2)nc1. The van der Waals surface area contributed by atoms with Crippen LogP contribution < -0.4 is 21.7 Å². The van der Waals surface area contributed by atoms with Crippen LogP contribution in [0.25, 0.3) is 11.1 Å². The van der Waals surface area contributed by atoms with Crippen molar-refractivity contribution in [2.45, 2.75) is 39.5 Å². The quantitative estimate of drug-likeness (QED) is 0.410. The van der Waals surface area contributed by atoms with E-state index in [-0.39, 0.29) is 17.2 Å². The number of hydrogen-bond donors (Lipinski definition) is 3. The van der Waals surface area contributed by atoms with Gasteiger partial charge in [0.25, 0.3) is 5.91 Å². The van der Waals surface area contributed by atoms with Crippen molar-refractivity contribution in [2.24, 2.45) is 0 Å². The summed E-state index contributed by atoms with van der Waals surface area (Å²) >= 11 is 1.47. The zero-order valence-electron chi connectivity index (χ0n) is 23.7. The molecule has 0 saturated carbocycles. The predicted octanol–water partition coefficient (Wildman–Crippen LogP) is 3.46. The summed E-state index contributed by atoms with van der Waals surface area (Å²) in [6.07, 6.45) is 4.07. The molecular weight excluding hydrogens is 526 g/mol. The first-order chi connectivity index (χ1) is 19.0. The molecule has 5 rings (SSSR count). The Balaban J connectivity index is 0.000000185. The number of carbonyl (C=O) groups is 2. The molecule has 2 aliphatic rings. The van der Waals surface area contributed by atoms with E-state index in [1.54, 1.807) is 4.90 Å². The Hall–Kier alpha value is -3.70. The van der Waals surface area contributed by atoms with Crippen LogP contribution in [0.1, 0.15) is 48.0 Å². The van der Waals surface area contributed by atoms with Crippen molar-refractivity contribution >= 4 is 39.8 Å². The summed E-state index contributed by atoms with van der Waals surface area (Å²) < 4.78 is 5.33. The topological polar surface area (TPSA) is 140 Å². The number of nitrogens with zero attached hydrogens (tertiary/aromatic N) is 4. The first-order valence-electron chi connectivity index (χ1n) is 13.5. The number of amides is 2. The van der Waals surface area contributed by atoms with Gasteiger partial charge in [0.05, 0.1) is 23.8 Å². The number of aromatic nitrogens is 2. The van der Waals surface area contributed by atoms with Crippen LogP contribution in [0.5, 0.6) is 0 Å². The van der Waals surface area contributed by atoms with E-state index in [9.17, 15) is 9.59 Å². The smallest absolute Gasteiger partial charge is 0.256 e. The molecule has 40 heavy (non-hydrogen) atoms. The van der Waals surface area contributed by atoms with E-state index < -0.39 is 0 Å². The average Bonchev–Trinajstić information content (AvgIpc) is 3.21. The van der Waals surface area contributed by atoms with Gasteiger partial charge in [-0.25, -0.2) is 9.97 Å². The number of hydrogen-bond acceptors (Lipinski definition) is 9. The summed E-state index contributed by atoms with van der Waals surface area (Å²) in [6, 6.07) is 7.77. The summed E-state index contributed by atoms with van der Waals surface area (Å²) in [5.74, 6) is 0.679. The standard InChI is InChI=1S/C15H18N4O.C14H21N3O2S/c1-11-2-3-13(16)8-14(11)12-9-17-15(18-10-12)19-4-6-20-7-5-19;1-14(2,3)10-8-9(12(15)20-10)13(19)17-6-4-11(18)16-5-7-17/h2-3,8-10H,4-7,16H2,1H3;8H,4-7,15H2,1-3H3,(H,16,18). The number of rotatable bonds is 3. The fourth-order valence-corrected chi connectivity index (χ4v) is 5.40. The van der Waals surface area contributed by atoms with Gasteiger partial charge in [-0.05, 0) is 41.7 Å². The third-order valence-corrected chi connectivity index (χ3v) is 8.23. The lowest BCUT2D eigenvalue weighted by atomic mass is 9.94. The summed E-state index contributed by atoms with van der Waals surface area (Å²) in [5.41, 5.74) is 16.4. The molecule has 0 unspecified atom stereocenters. The fraction of sp³-hybridized carbons (Fsp3) is 0.448. The van der Waals surface area contributed by atoms with Gasteiger partial charge in [0.2, 0.25) is 11.9 Å².